The van der Waals surface area contributed by atoms with Crippen molar-refractivity contribution < 1.29 is 28.9 Å². The van der Waals surface area contributed by atoms with Gasteiger partial charge in [-0.05, 0) is 138 Å². The number of ether oxygens (including phenoxy) is 2. The maximum absolute atomic E-state index is 11.6. The zero-order chi connectivity index (χ0) is 49.6. The Labute approximate surface area is 412 Å². The van der Waals surface area contributed by atoms with Crippen LogP contribution in [0, 0.1) is 20.2 Å². The second-order valence-electron chi connectivity index (χ2n) is 16.3. The summed E-state index contributed by atoms with van der Waals surface area (Å²) < 4.78 is 12.0. The number of rotatable bonds is 15. The lowest BCUT2D eigenvalue weighted by Crippen LogP contribution is -2.43. The van der Waals surface area contributed by atoms with Gasteiger partial charge in [0.15, 0.2) is 11.5 Å². The number of methoxy groups -OCH3 is 2. The van der Waals surface area contributed by atoms with E-state index in [1.165, 1.54) is 24.3 Å². The fraction of sp³-hybridized carbons (Fsp3) is 0.0357. The molecule has 0 spiro atoms. The molecule has 0 radical (unpaired) electrons. The predicted octanol–water partition coefficient (Wildman–Crippen LogP) is 10.6. The predicted molar refractivity (Wildman–Crippen MR) is 273 cm³/mol. The quantitative estimate of drug-likeness (QED) is 0.0416. The molecular weight excluding hydrogens is 909 g/mol. The molecule has 72 heavy (non-hydrogen) atoms. The minimum atomic E-state index is -0.451. The summed E-state index contributed by atoms with van der Waals surface area (Å²) >= 11 is 0. The van der Waals surface area contributed by atoms with E-state index >= 15 is 0 Å². The fourth-order valence-electron chi connectivity index (χ4n) is 7.91. The number of hydrogen-bond donors (Lipinski definition) is 0. The van der Waals surface area contributed by atoms with E-state index in [0.29, 0.717) is 45.9 Å². The van der Waals surface area contributed by atoms with Gasteiger partial charge in [0, 0.05) is 33.9 Å². The van der Waals surface area contributed by atoms with Gasteiger partial charge in [0.1, 0.15) is 11.4 Å². The van der Waals surface area contributed by atoms with Crippen molar-refractivity contribution in [1.82, 2.24) is 30.0 Å². The topological polar surface area (TPSA) is 174 Å². The van der Waals surface area contributed by atoms with Crippen molar-refractivity contribution >= 4 is 35.7 Å². The Hall–Kier alpha value is -10.2. The van der Waals surface area contributed by atoms with E-state index in [9.17, 15) is 20.2 Å². The van der Waals surface area contributed by atoms with E-state index < -0.39 is 9.85 Å². The normalized spacial score (nSPS) is 11.3. The van der Waals surface area contributed by atoms with Crippen LogP contribution in [0.5, 0.6) is 11.5 Å². The average Bonchev–Trinajstić information content (AvgIpc) is 4.09. The third kappa shape index (κ3) is 9.72. The molecule has 0 aliphatic carbocycles. The number of aromatic nitrogens is 8. The maximum Gasteiger partial charge on any atom is 0.340 e. The Kier molecular flexibility index (Phi) is 12.8. The highest BCUT2D eigenvalue weighted by atomic mass is 16.6. The molecule has 0 fully saturated rings. The molecular formula is C56H42N10O6+2. The van der Waals surface area contributed by atoms with Crippen LogP contribution < -0.4 is 19.1 Å². The molecule has 0 unspecified atom stereocenters. The number of benzene rings is 8. The number of non-ortho nitro benzene ring substituents is 2. The first kappa shape index (κ1) is 45.6. The summed E-state index contributed by atoms with van der Waals surface area (Å²) in [5.74, 6) is 1.74. The van der Waals surface area contributed by atoms with Gasteiger partial charge >= 0.3 is 11.6 Å². The first-order valence-electron chi connectivity index (χ1n) is 22.5. The summed E-state index contributed by atoms with van der Waals surface area (Å²) in [7, 11) is 3.13. The Bertz CT molecular complexity index is 3390. The van der Waals surface area contributed by atoms with Gasteiger partial charge in [-0.3, -0.25) is 20.2 Å². The summed E-state index contributed by atoms with van der Waals surface area (Å²) in [6.07, 6.45) is 8.16. The number of tetrazole rings is 2. The van der Waals surface area contributed by atoms with Crippen molar-refractivity contribution in [3.63, 3.8) is 0 Å². The summed E-state index contributed by atoms with van der Waals surface area (Å²) in [5.41, 5.74) is 9.27. The van der Waals surface area contributed by atoms with Crippen molar-refractivity contribution in [2.45, 2.75) is 0 Å². The van der Waals surface area contributed by atoms with Crippen LogP contribution in [-0.2, 0) is 0 Å². The van der Waals surface area contributed by atoms with Crippen LogP contribution in [0.3, 0.4) is 0 Å². The van der Waals surface area contributed by atoms with E-state index in [4.69, 9.17) is 29.9 Å². The van der Waals surface area contributed by atoms with Gasteiger partial charge in [-0.15, -0.1) is 0 Å². The molecule has 0 aliphatic heterocycles. The number of nitrogens with zero attached hydrogens (tertiary/aromatic N) is 10. The molecule has 8 aromatic carbocycles. The SMILES string of the molecule is COc1cc(-c2ccc(-[n+]3nc(-c4ccc(/C=C/c5ccccc5)cc4)nn3-c3ccc([N+](=O)[O-])cc3)c(OC)c2)ccc1-[n+]1nc(-c2ccc(/C=C/c3ccccc3)cc2)nn1-c1ccc([N+](=O)[O-])cc1. The maximum atomic E-state index is 11.6. The molecule has 16 nitrogen and oxygen atoms in total. The Morgan fingerprint density at radius 2 is 0.764 bits per heavy atom. The first-order chi connectivity index (χ1) is 35.2. The Balaban J connectivity index is 0.994. The van der Waals surface area contributed by atoms with E-state index in [0.717, 1.165) is 44.5 Å². The smallest absolute Gasteiger partial charge is 0.340 e. The molecule has 2 heterocycles. The van der Waals surface area contributed by atoms with Crippen molar-refractivity contribution in [1.29, 1.82) is 0 Å². The van der Waals surface area contributed by atoms with Crippen LogP contribution in [0.1, 0.15) is 22.3 Å². The monoisotopic (exact) mass is 950 g/mol. The van der Waals surface area contributed by atoms with E-state index in [-0.39, 0.29) is 11.4 Å². The molecule has 0 amide bonds. The van der Waals surface area contributed by atoms with Gasteiger partial charge < -0.3 is 9.47 Å². The zero-order valence-electron chi connectivity index (χ0n) is 38.7. The number of nitro groups is 2. The molecule has 10 aromatic rings. The summed E-state index contributed by atoms with van der Waals surface area (Å²) in [6.45, 7) is 0. The molecule has 0 N–H and O–H groups in total. The molecule has 0 atom stereocenters. The second-order valence-corrected chi connectivity index (χ2v) is 16.3. The van der Waals surface area contributed by atoms with Crippen LogP contribution in [0.15, 0.2) is 194 Å². The van der Waals surface area contributed by atoms with Gasteiger partial charge in [-0.25, -0.2) is 0 Å². The largest absolute Gasteiger partial charge is 0.492 e. The molecule has 2 aromatic heterocycles. The Morgan fingerprint density at radius 1 is 0.431 bits per heavy atom. The highest BCUT2D eigenvalue weighted by molar-refractivity contribution is 5.73. The highest BCUT2D eigenvalue weighted by Crippen LogP contribution is 2.33. The minimum Gasteiger partial charge on any atom is -0.492 e. The number of hydrogen-bond acceptors (Lipinski definition) is 10. The standard InChI is InChI=1S/C56H42N10O6/c1-71-53-37-45(25-35-51(53)63-59-55(57-61(63)47-27-31-49(32-28-47)65(67)68)43-21-17-41(18-22-43)15-13-39-9-5-3-6-10-39)46-26-36-52(54(38-46)72-2)64-60-56(58-62(64)48-29-33-50(34-30-48)66(69)70)44-23-19-42(20-24-44)16-14-40-11-7-4-8-12-40/h3-38H,1-2H3/q+2/b15-13+,16-14+. The van der Waals surface area contributed by atoms with E-state index in [1.807, 2.05) is 170 Å². The zero-order valence-corrected chi connectivity index (χ0v) is 38.7. The van der Waals surface area contributed by atoms with Gasteiger partial charge in [0.25, 0.3) is 11.4 Å². The molecule has 0 saturated heterocycles. The molecule has 350 valence electrons. The van der Waals surface area contributed by atoms with Crippen LogP contribution >= 0.6 is 0 Å². The number of nitro benzene ring substituents is 2. The van der Waals surface area contributed by atoms with Crippen LogP contribution in [-0.4, -0.2) is 54.1 Å². The lowest BCUT2D eigenvalue weighted by Gasteiger charge is -2.11. The van der Waals surface area contributed by atoms with Crippen molar-refractivity contribution in [2.24, 2.45) is 0 Å². The molecule has 16 heteroatoms. The second kappa shape index (κ2) is 20.2. The molecule has 0 bridgehead atoms. The summed E-state index contributed by atoms with van der Waals surface area (Å²) in [4.78, 5) is 28.6. The molecule has 10 rings (SSSR count). The third-order valence-corrected chi connectivity index (χ3v) is 11.7. The van der Waals surface area contributed by atoms with E-state index in [1.54, 1.807) is 57.7 Å². The Morgan fingerprint density at radius 3 is 1.10 bits per heavy atom. The van der Waals surface area contributed by atoms with Crippen LogP contribution in [0.25, 0.3) is 81.0 Å². The van der Waals surface area contributed by atoms with Gasteiger partial charge in [-0.1, -0.05) is 109 Å². The lowest BCUT2D eigenvalue weighted by atomic mass is 10.0. The molecule has 0 saturated carbocycles. The fourth-order valence-corrected chi connectivity index (χ4v) is 7.91. The van der Waals surface area contributed by atoms with E-state index in [2.05, 4.69) is 0 Å². The summed E-state index contributed by atoms with van der Waals surface area (Å²) in [6, 6.07) is 59.3. The van der Waals surface area contributed by atoms with Gasteiger partial charge in [0.05, 0.1) is 45.4 Å². The molecule has 0 aliphatic rings. The highest BCUT2D eigenvalue weighted by Gasteiger charge is 2.29. The van der Waals surface area contributed by atoms with Crippen molar-refractivity contribution in [3.8, 4) is 68.2 Å². The lowest BCUT2D eigenvalue weighted by molar-refractivity contribution is -0.734. The summed E-state index contributed by atoms with van der Waals surface area (Å²) in [5, 5.41) is 42.8. The van der Waals surface area contributed by atoms with Gasteiger partial charge in [0.2, 0.25) is 11.4 Å². The van der Waals surface area contributed by atoms with Crippen molar-refractivity contribution in [2.75, 3.05) is 14.2 Å². The minimum absolute atomic E-state index is 0.0588. The van der Waals surface area contributed by atoms with Crippen LogP contribution in [0.4, 0.5) is 11.4 Å². The first-order valence-corrected chi connectivity index (χ1v) is 22.5. The van der Waals surface area contributed by atoms with Crippen molar-refractivity contribution in [3.05, 3.63) is 237 Å². The average molecular weight is 951 g/mol. The third-order valence-electron chi connectivity index (χ3n) is 11.7. The van der Waals surface area contributed by atoms with Gasteiger partial charge in [-0.2, -0.15) is 0 Å². The van der Waals surface area contributed by atoms with Crippen LogP contribution in [0.2, 0.25) is 0 Å².